The summed E-state index contributed by atoms with van der Waals surface area (Å²) < 4.78 is 0. The van der Waals surface area contributed by atoms with Crippen LogP contribution >= 0.6 is 0 Å². The Morgan fingerprint density at radius 2 is 1.87 bits per heavy atom. The Morgan fingerprint density at radius 1 is 1.27 bits per heavy atom. The van der Waals surface area contributed by atoms with E-state index in [2.05, 4.69) is 0 Å². The van der Waals surface area contributed by atoms with Crippen LogP contribution in [0.5, 0.6) is 17.2 Å². The van der Waals surface area contributed by atoms with Crippen LogP contribution < -0.4 is 0 Å². The van der Waals surface area contributed by atoms with Gasteiger partial charge in [-0.25, -0.2) is 0 Å². The molecule has 3 N–H and O–H groups in total. The van der Waals surface area contributed by atoms with E-state index in [0.29, 0.717) is 6.42 Å². The maximum Gasteiger partial charge on any atom is 0.193 e. The highest BCUT2D eigenvalue weighted by Gasteiger charge is 2.16. The largest absolute Gasteiger partial charge is 0.507 e. The smallest absolute Gasteiger partial charge is 0.193 e. The van der Waals surface area contributed by atoms with E-state index in [9.17, 15) is 15.0 Å². The van der Waals surface area contributed by atoms with E-state index in [0.717, 1.165) is 12.1 Å². The summed E-state index contributed by atoms with van der Waals surface area (Å²) in [5.74, 6) is -1.92. The van der Waals surface area contributed by atoms with E-state index in [1.54, 1.807) is 6.08 Å². The number of hydrogen-bond acceptors (Lipinski definition) is 4. The van der Waals surface area contributed by atoms with Gasteiger partial charge in [-0.3, -0.25) is 4.79 Å². The number of hydrogen-bond donors (Lipinski definition) is 3. The minimum Gasteiger partial charge on any atom is -0.507 e. The molecule has 0 saturated heterocycles. The fourth-order valence-corrected chi connectivity index (χ4v) is 1.12. The highest BCUT2D eigenvalue weighted by molar-refractivity contribution is 6.08. The predicted octanol–water partition coefficient (Wildman–Crippen LogP) is 1.95. The van der Waals surface area contributed by atoms with Crippen molar-refractivity contribution in [2.24, 2.45) is 0 Å². The van der Waals surface area contributed by atoms with Crippen LogP contribution in [0.4, 0.5) is 0 Å². The number of carbonyl (C=O) groups excluding carboxylic acids is 1. The Hall–Kier alpha value is -1.97. The van der Waals surface area contributed by atoms with Crippen molar-refractivity contribution in [2.75, 3.05) is 0 Å². The molecule has 0 radical (unpaired) electrons. The molecule has 0 bridgehead atoms. The molecule has 4 heteroatoms. The fourth-order valence-electron chi connectivity index (χ4n) is 1.12. The molecule has 0 aromatic heterocycles. The normalized spacial score (nSPS) is 10.7. The lowest BCUT2D eigenvalue weighted by Crippen LogP contribution is -1.95. The molecule has 4 nitrogen and oxygen atoms in total. The van der Waals surface area contributed by atoms with Gasteiger partial charge in [0.25, 0.3) is 0 Å². The first-order valence-corrected chi connectivity index (χ1v) is 4.52. The number of allylic oxidation sites excluding steroid dienone is 2. The quantitative estimate of drug-likeness (QED) is 0.307. The van der Waals surface area contributed by atoms with Gasteiger partial charge in [0.2, 0.25) is 0 Å². The Kier molecular flexibility index (Phi) is 3.33. The molecule has 0 aliphatic rings. The summed E-state index contributed by atoms with van der Waals surface area (Å²) in [6, 6.07) is 2.27. The second kappa shape index (κ2) is 4.50. The summed E-state index contributed by atoms with van der Waals surface area (Å²) in [5.41, 5.74) is -0.278. The lowest BCUT2D eigenvalue weighted by molar-refractivity contribution is 0.104. The number of ketones is 1. The van der Waals surface area contributed by atoms with Gasteiger partial charge in [0.15, 0.2) is 17.3 Å². The van der Waals surface area contributed by atoms with Crippen LogP contribution in [0.25, 0.3) is 0 Å². The Labute approximate surface area is 87.1 Å². The van der Waals surface area contributed by atoms with E-state index in [1.807, 2.05) is 6.92 Å². The number of phenols is 3. The Balaban J connectivity index is 3.18. The third-order valence-electron chi connectivity index (χ3n) is 1.89. The van der Waals surface area contributed by atoms with Gasteiger partial charge in [0, 0.05) is 0 Å². The van der Waals surface area contributed by atoms with E-state index < -0.39 is 17.3 Å². The second-order valence-corrected chi connectivity index (χ2v) is 3.00. The molecule has 0 heterocycles. The number of aromatic hydroxyl groups is 3. The molecule has 0 spiro atoms. The van der Waals surface area contributed by atoms with Crippen LogP contribution in [0, 0.1) is 0 Å². The lowest BCUT2D eigenvalue weighted by Gasteiger charge is -2.05. The number of benzene rings is 1. The third kappa shape index (κ3) is 2.28. The van der Waals surface area contributed by atoms with Gasteiger partial charge < -0.3 is 15.3 Å². The molecule has 0 amide bonds. The van der Waals surface area contributed by atoms with Crippen molar-refractivity contribution in [1.29, 1.82) is 0 Å². The minimum atomic E-state index is -0.597. The summed E-state index contributed by atoms with van der Waals surface area (Å²) in [6.45, 7) is 1.85. The number of phenolic OH excluding ortho intramolecular Hbond substituents is 3. The highest BCUT2D eigenvalue weighted by Crippen LogP contribution is 2.35. The molecule has 0 unspecified atom stereocenters. The fraction of sp³-hybridized carbons (Fsp3) is 0.182. The van der Waals surface area contributed by atoms with Crippen LogP contribution in [0.1, 0.15) is 23.7 Å². The molecule has 0 atom stereocenters. The molecule has 0 saturated carbocycles. The molecule has 80 valence electrons. The van der Waals surface area contributed by atoms with Crippen molar-refractivity contribution in [1.82, 2.24) is 0 Å². The van der Waals surface area contributed by atoms with E-state index in [-0.39, 0.29) is 11.3 Å². The molecular weight excluding hydrogens is 196 g/mol. The van der Waals surface area contributed by atoms with Crippen LogP contribution in [0.15, 0.2) is 24.3 Å². The summed E-state index contributed by atoms with van der Waals surface area (Å²) in [4.78, 5) is 11.5. The van der Waals surface area contributed by atoms with Gasteiger partial charge >= 0.3 is 0 Å². The first kappa shape index (κ1) is 11.1. The summed E-state index contributed by atoms with van der Waals surface area (Å²) >= 11 is 0. The standard InChI is InChI=1S/C11H12O4/c1-2-3-4-7(12)10-8(13)5-6-9(14)11(10)15/h3-6,13-15H,2H2,1H3/b4-3+. The maximum absolute atomic E-state index is 11.5. The average molecular weight is 208 g/mol. The zero-order chi connectivity index (χ0) is 11.4. The first-order chi connectivity index (χ1) is 7.07. The van der Waals surface area contributed by atoms with E-state index in [1.165, 1.54) is 6.08 Å². The summed E-state index contributed by atoms with van der Waals surface area (Å²) in [7, 11) is 0. The molecule has 1 aromatic rings. The Bertz CT molecular complexity index is 407. The molecule has 0 aliphatic carbocycles. The van der Waals surface area contributed by atoms with Gasteiger partial charge in [-0.1, -0.05) is 13.0 Å². The van der Waals surface area contributed by atoms with Crippen LogP contribution in [0.2, 0.25) is 0 Å². The second-order valence-electron chi connectivity index (χ2n) is 3.00. The average Bonchev–Trinajstić information content (AvgIpc) is 2.21. The number of carbonyl (C=O) groups is 1. The van der Waals surface area contributed by atoms with Crippen molar-refractivity contribution >= 4 is 5.78 Å². The van der Waals surface area contributed by atoms with Gasteiger partial charge in [-0.2, -0.15) is 0 Å². The molecular formula is C11H12O4. The monoisotopic (exact) mass is 208 g/mol. The van der Waals surface area contributed by atoms with Gasteiger partial charge in [-0.05, 0) is 24.6 Å². The van der Waals surface area contributed by atoms with E-state index in [4.69, 9.17) is 5.11 Å². The van der Waals surface area contributed by atoms with Gasteiger partial charge in [0.1, 0.15) is 11.3 Å². The van der Waals surface area contributed by atoms with Gasteiger partial charge in [-0.15, -0.1) is 0 Å². The van der Waals surface area contributed by atoms with Crippen molar-refractivity contribution in [2.45, 2.75) is 13.3 Å². The maximum atomic E-state index is 11.5. The zero-order valence-corrected chi connectivity index (χ0v) is 8.27. The van der Waals surface area contributed by atoms with Gasteiger partial charge in [0.05, 0.1) is 0 Å². The van der Waals surface area contributed by atoms with E-state index >= 15 is 0 Å². The summed E-state index contributed by atoms with van der Waals surface area (Å²) in [5, 5.41) is 27.9. The SMILES string of the molecule is CC/C=C/C(=O)c1c(O)ccc(O)c1O. The molecule has 1 aromatic carbocycles. The molecule has 1 rings (SSSR count). The third-order valence-corrected chi connectivity index (χ3v) is 1.89. The van der Waals surface area contributed by atoms with Crippen LogP contribution in [0.3, 0.4) is 0 Å². The van der Waals surface area contributed by atoms with Crippen molar-refractivity contribution in [3.05, 3.63) is 29.8 Å². The minimum absolute atomic E-state index is 0.278. The van der Waals surface area contributed by atoms with Crippen LogP contribution in [-0.2, 0) is 0 Å². The van der Waals surface area contributed by atoms with Crippen molar-refractivity contribution in [3.8, 4) is 17.2 Å². The lowest BCUT2D eigenvalue weighted by atomic mass is 10.1. The topological polar surface area (TPSA) is 77.8 Å². The predicted molar refractivity (Wildman–Crippen MR) is 55.2 cm³/mol. The molecule has 0 fully saturated rings. The number of rotatable bonds is 3. The molecule has 15 heavy (non-hydrogen) atoms. The van der Waals surface area contributed by atoms with Crippen LogP contribution in [-0.4, -0.2) is 21.1 Å². The zero-order valence-electron chi connectivity index (χ0n) is 8.27. The van der Waals surface area contributed by atoms with Crippen molar-refractivity contribution < 1.29 is 20.1 Å². The Morgan fingerprint density at radius 3 is 2.47 bits per heavy atom. The summed E-state index contributed by atoms with van der Waals surface area (Å²) in [6.07, 6.45) is 3.52. The van der Waals surface area contributed by atoms with Crippen molar-refractivity contribution in [3.63, 3.8) is 0 Å². The molecule has 0 aliphatic heterocycles. The highest BCUT2D eigenvalue weighted by atomic mass is 16.3. The first-order valence-electron chi connectivity index (χ1n) is 4.52.